The summed E-state index contributed by atoms with van der Waals surface area (Å²) in [7, 11) is 0. The Morgan fingerprint density at radius 1 is 1.27 bits per heavy atom. The second-order valence-electron chi connectivity index (χ2n) is 6.26. The lowest BCUT2D eigenvalue weighted by Crippen LogP contribution is -2.17. The van der Waals surface area contributed by atoms with Gasteiger partial charge in [-0.2, -0.15) is 0 Å². The first kappa shape index (κ1) is 16.6. The van der Waals surface area contributed by atoms with Crippen molar-refractivity contribution in [2.45, 2.75) is 13.5 Å². The van der Waals surface area contributed by atoms with Crippen LogP contribution < -0.4 is 5.69 Å². The van der Waals surface area contributed by atoms with Crippen molar-refractivity contribution in [3.8, 4) is 5.88 Å². The van der Waals surface area contributed by atoms with Crippen LogP contribution in [0.3, 0.4) is 0 Å². The first-order chi connectivity index (χ1) is 12.5. The number of aliphatic imine (C=N–C) groups is 1. The van der Waals surface area contributed by atoms with Crippen LogP contribution >= 0.6 is 15.9 Å². The summed E-state index contributed by atoms with van der Waals surface area (Å²) < 4.78 is 2.28. The molecular formula is C20H16BrN3O2. The van der Waals surface area contributed by atoms with Crippen LogP contribution in [-0.4, -0.2) is 20.9 Å². The van der Waals surface area contributed by atoms with Gasteiger partial charge in [0.1, 0.15) is 5.69 Å². The van der Waals surface area contributed by atoms with Gasteiger partial charge in [-0.05, 0) is 36.8 Å². The number of hydrogen-bond donors (Lipinski definition) is 2. The molecular weight excluding hydrogens is 394 g/mol. The number of rotatable bonds is 3. The van der Waals surface area contributed by atoms with Crippen LogP contribution in [0.5, 0.6) is 5.88 Å². The van der Waals surface area contributed by atoms with Gasteiger partial charge < -0.3 is 10.1 Å². The Balaban J connectivity index is 1.71. The summed E-state index contributed by atoms with van der Waals surface area (Å²) in [6.45, 7) is 2.30. The Kier molecular flexibility index (Phi) is 4.12. The van der Waals surface area contributed by atoms with Gasteiger partial charge in [-0.15, -0.1) is 0 Å². The van der Waals surface area contributed by atoms with Gasteiger partial charge in [-0.3, -0.25) is 9.56 Å². The number of halogens is 1. The first-order valence-electron chi connectivity index (χ1n) is 8.14. The molecule has 1 aliphatic heterocycles. The Morgan fingerprint density at radius 3 is 2.92 bits per heavy atom. The Bertz CT molecular complexity index is 1120. The van der Waals surface area contributed by atoms with E-state index in [1.165, 1.54) is 4.57 Å². The molecule has 1 aromatic heterocycles. The molecule has 2 heterocycles. The molecule has 0 radical (unpaired) electrons. The number of nitrogens with zero attached hydrogens (tertiary/aromatic N) is 2. The van der Waals surface area contributed by atoms with Gasteiger partial charge in [0.2, 0.25) is 5.88 Å². The van der Waals surface area contributed by atoms with Gasteiger partial charge in [0.05, 0.1) is 12.2 Å². The number of hydrogen-bond acceptors (Lipinski definition) is 3. The predicted molar refractivity (Wildman–Crippen MR) is 107 cm³/mol. The lowest BCUT2D eigenvalue weighted by atomic mass is 10.1. The summed E-state index contributed by atoms with van der Waals surface area (Å²) in [5.41, 5.74) is 4.74. The van der Waals surface area contributed by atoms with E-state index in [9.17, 15) is 9.90 Å². The van der Waals surface area contributed by atoms with Gasteiger partial charge in [-0.25, -0.2) is 4.79 Å². The zero-order chi connectivity index (χ0) is 18.3. The van der Waals surface area contributed by atoms with Crippen molar-refractivity contribution < 1.29 is 5.11 Å². The number of fused-ring (bicyclic) bond motifs is 1. The molecule has 0 aliphatic carbocycles. The minimum Gasteiger partial charge on any atom is -0.493 e. The highest BCUT2D eigenvalue weighted by atomic mass is 79.9. The molecule has 0 saturated carbocycles. The van der Waals surface area contributed by atoms with Crippen molar-refractivity contribution >= 4 is 39.5 Å². The number of allylic oxidation sites excluding steroid dienone is 1. The molecule has 0 amide bonds. The Hall–Kier alpha value is -2.86. The van der Waals surface area contributed by atoms with Crippen LogP contribution in [-0.2, 0) is 6.54 Å². The highest BCUT2D eigenvalue weighted by Gasteiger charge is 2.16. The molecule has 0 unspecified atom stereocenters. The second-order valence-corrected chi connectivity index (χ2v) is 7.18. The van der Waals surface area contributed by atoms with E-state index < -0.39 is 0 Å². The summed E-state index contributed by atoms with van der Waals surface area (Å²) >= 11 is 3.46. The monoisotopic (exact) mass is 409 g/mol. The summed E-state index contributed by atoms with van der Waals surface area (Å²) in [5, 5.41) is 10.5. The van der Waals surface area contributed by atoms with Gasteiger partial charge in [0.25, 0.3) is 0 Å². The average molecular weight is 410 g/mol. The number of aromatic nitrogens is 2. The van der Waals surface area contributed by atoms with E-state index in [4.69, 9.17) is 0 Å². The average Bonchev–Trinajstić information content (AvgIpc) is 3.11. The number of aromatic hydroxyl groups is 1. The third-order valence-corrected chi connectivity index (χ3v) is 4.81. The third kappa shape index (κ3) is 3.04. The maximum Gasteiger partial charge on any atom is 0.329 e. The molecule has 0 saturated heterocycles. The summed E-state index contributed by atoms with van der Waals surface area (Å²) in [6.07, 6.45) is 3.47. The van der Waals surface area contributed by atoms with E-state index >= 15 is 0 Å². The van der Waals surface area contributed by atoms with Gasteiger partial charge in [-0.1, -0.05) is 45.8 Å². The van der Waals surface area contributed by atoms with Crippen molar-refractivity contribution in [3.05, 3.63) is 79.8 Å². The molecule has 2 aromatic carbocycles. The minimum atomic E-state index is -0.347. The number of benzene rings is 2. The van der Waals surface area contributed by atoms with Crippen LogP contribution in [0.25, 0.3) is 11.6 Å². The van der Waals surface area contributed by atoms with Gasteiger partial charge in [0, 0.05) is 21.8 Å². The molecule has 4 rings (SSSR count). The Morgan fingerprint density at radius 2 is 2.12 bits per heavy atom. The summed E-state index contributed by atoms with van der Waals surface area (Å²) in [5.74, 6) is -0.0825. The predicted octanol–water partition coefficient (Wildman–Crippen LogP) is 4.26. The fourth-order valence-electron chi connectivity index (χ4n) is 3.05. The van der Waals surface area contributed by atoms with Crippen molar-refractivity contribution in [1.82, 2.24) is 9.55 Å². The lowest BCUT2D eigenvalue weighted by Gasteiger charge is -2.05. The van der Waals surface area contributed by atoms with Crippen LogP contribution in [0.1, 0.15) is 22.4 Å². The summed E-state index contributed by atoms with van der Waals surface area (Å²) in [4.78, 5) is 19.4. The van der Waals surface area contributed by atoms with Gasteiger partial charge >= 0.3 is 5.69 Å². The first-order valence-corrected chi connectivity index (χ1v) is 8.93. The normalized spacial score (nSPS) is 14.2. The topological polar surface area (TPSA) is 70.4 Å². The molecule has 2 N–H and O–H groups in total. The highest BCUT2D eigenvalue weighted by molar-refractivity contribution is 9.10. The van der Waals surface area contributed by atoms with Crippen LogP contribution in [0.2, 0.25) is 0 Å². The summed E-state index contributed by atoms with van der Waals surface area (Å²) in [6, 6.07) is 13.7. The molecule has 0 spiro atoms. The number of H-pyrrole nitrogens is 1. The number of nitrogens with one attached hydrogen (secondary N) is 1. The van der Waals surface area contributed by atoms with Gasteiger partial charge in [0.15, 0.2) is 0 Å². The zero-order valence-electron chi connectivity index (χ0n) is 14.0. The fraction of sp³-hybridized carbons (Fsp3) is 0.100. The number of imidazole rings is 1. The third-order valence-electron chi connectivity index (χ3n) is 4.32. The maximum atomic E-state index is 12.3. The van der Waals surface area contributed by atoms with E-state index in [-0.39, 0.29) is 11.6 Å². The molecule has 0 atom stereocenters. The van der Waals surface area contributed by atoms with Crippen molar-refractivity contribution in [2.24, 2.45) is 4.99 Å². The molecule has 26 heavy (non-hydrogen) atoms. The standard InChI is InChI=1S/C20H16BrN3O2/c1-12-3-2-4-13(7-12)11-24-19(25)18(23-20(24)26)8-14-10-22-17-6-5-15(21)9-16(14)17/h2-10,25H,11H2,1H3,(H,23,26)/b14-8-. The lowest BCUT2D eigenvalue weighted by molar-refractivity contribution is 0.420. The van der Waals surface area contributed by atoms with Crippen LogP contribution in [0.15, 0.2) is 56.7 Å². The van der Waals surface area contributed by atoms with E-state index in [0.717, 1.165) is 32.4 Å². The van der Waals surface area contributed by atoms with Crippen LogP contribution in [0.4, 0.5) is 5.69 Å². The molecule has 0 fully saturated rings. The Labute approximate surface area is 158 Å². The SMILES string of the molecule is Cc1cccc(Cn2c(O)c(/C=C3/C=Nc4ccc(Br)cc43)[nH]c2=O)c1. The van der Waals surface area contributed by atoms with E-state index in [2.05, 4.69) is 25.9 Å². The largest absolute Gasteiger partial charge is 0.493 e. The van der Waals surface area contributed by atoms with Crippen molar-refractivity contribution in [1.29, 1.82) is 0 Å². The number of aryl methyl sites for hydroxylation is 1. The number of aromatic amines is 1. The minimum absolute atomic E-state index is 0.0825. The molecule has 1 aliphatic rings. The molecule has 5 nitrogen and oxygen atoms in total. The van der Waals surface area contributed by atoms with E-state index in [1.54, 1.807) is 12.3 Å². The van der Waals surface area contributed by atoms with Crippen molar-refractivity contribution in [2.75, 3.05) is 0 Å². The molecule has 3 aromatic rings. The van der Waals surface area contributed by atoms with E-state index in [0.29, 0.717) is 12.2 Å². The fourth-order valence-corrected chi connectivity index (χ4v) is 3.41. The quantitative estimate of drug-likeness (QED) is 0.678. The van der Waals surface area contributed by atoms with Crippen LogP contribution in [0, 0.1) is 6.92 Å². The molecule has 0 bridgehead atoms. The maximum absolute atomic E-state index is 12.3. The van der Waals surface area contributed by atoms with E-state index in [1.807, 2.05) is 49.4 Å². The zero-order valence-corrected chi connectivity index (χ0v) is 15.6. The second kappa shape index (κ2) is 6.46. The van der Waals surface area contributed by atoms with Crippen molar-refractivity contribution in [3.63, 3.8) is 0 Å². The molecule has 6 heteroatoms. The molecule has 130 valence electrons. The smallest absolute Gasteiger partial charge is 0.329 e. The highest BCUT2D eigenvalue weighted by Crippen LogP contribution is 2.35.